The number of fused-ring (bicyclic) bond motifs is 2. The molecule has 0 amide bonds. The van der Waals surface area contributed by atoms with Crippen LogP contribution in [0, 0.1) is 13.8 Å². The summed E-state index contributed by atoms with van der Waals surface area (Å²) in [4.78, 5) is 4.22. The first-order chi connectivity index (χ1) is 17.7. The van der Waals surface area contributed by atoms with Gasteiger partial charge in [0.05, 0.1) is 6.54 Å². The van der Waals surface area contributed by atoms with E-state index in [9.17, 15) is 17.2 Å². The van der Waals surface area contributed by atoms with Crippen LogP contribution in [0.1, 0.15) is 53.4 Å². The molecule has 8 nitrogen and oxygen atoms in total. The fourth-order valence-corrected chi connectivity index (χ4v) is 6.10. The third kappa shape index (κ3) is 4.69. The lowest BCUT2D eigenvalue weighted by Crippen LogP contribution is -2.36. The third-order valence-corrected chi connectivity index (χ3v) is 8.63. The zero-order chi connectivity index (χ0) is 26.3. The van der Waals surface area contributed by atoms with E-state index in [1.54, 1.807) is 18.3 Å². The molecule has 1 aliphatic rings. The average Bonchev–Trinajstić information content (AvgIpc) is 3.28. The molecule has 0 aliphatic carbocycles. The van der Waals surface area contributed by atoms with Gasteiger partial charge in [-0.2, -0.15) is 4.31 Å². The average molecular weight is 528 g/mol. The summed E-state index contributed by atoms with van der Waals surface area (Å²) < 4.78 is 62.2. The molecule has 0 bridgehead atoms. The van der Waals surface area contributed by atoms with E-state index in [-0.39, 0.29) is 35.8 Å². The maximum absolute atomic E-state index is 13.5. The topological polar surface area (TPSA) is 89.7 Å². The summed E-state index contributed by atoms with van der Waals surface area (Å²) in [5.41, 5.74) is 4.91. The molecule has 37 heavy (non-hydrogen) atoms. The summed E-state index contributed by atoms with van der Waals surface area (Å²) in [6.07, 6.45) is 1.23. The van der Waals surface area contributed by atoms with Crippen molar-refractivity contribution in [3.05, 3.63) is 82.4 Å². The number of aromatic nitrogens is 4. The monoisotopic (exact) mass is 527 g/mol. The highest BCUT2D eigenvalue weighted by atomic mass is 32.2. The van der Waals surface area contributed by atoms with E-state index in [1.807, 2.05) is 39.0 Å². The first-order valence-electron chi connectivity index (χ1n) is 12.0. The van der Waals surface area contributed by atoms with Gasteiger partial charge in [0.2, 0.25) is 21.7 Å². The lowest BCUT2D eigenvalue weighted by Gasteiger charge is -2.23. The lowest BCUT2D eigenvalue weighted by molar-refractivity contribution is 0.139. The Hall–Kier alpha value is -3.44. The lowest BCUT2D eigenvalue weighted by atomic mass is 9.98. The van der Waals surface area contributed by atoms with Crippen molar-refractivity contribution in [2.75, 3.05) is 6.54 Å². The van der Waals surface area contributed by atoms with E-state index < -0.39 is 16.4 Å². The van der Waals surface area contributed by atoms with Crippen molar-refractivity contribution in [3.63, 3.8) is 0 Å². The van der Waals surface area contributed by atoms with Gasteiger partial charge < -0.3 is 4.74 Å². The van der Waals surface area contributed by atoms with Crippen molar-refractivity contribution < 1.29 is 21.9 Å². The number of benzene rings is 1. The number of hydrogen-bond donors (Lipinski definition) is 0. The van der Waals surface area contributed by atoms with Crippen molar-refractivity contribution in [2.24, 2.45) is 0 Å². The summed E-state index contributed by atoms with van der Waals surface area (Å²) >= 11 is 0. The third-order valence-electron chi connectivity index (χ3n) is 6.81. The van der Waals surface area contributed by atoms with E-state index in [2.05, 4.69) is 15.2 Å². The minimum Gasteiger partial charge on any atom is -0.472 e. The Balaban J connectivity index is 1.46. The van der Waals surface area contributed by atoms with E-state index in [4.69, 9.17) is 4.74 Å². The largest absolute Gasteiger partial charge is 0.472 e. The standard InChI is InChI=1S/C26H27F2N5O3S/c1-4-21-15-32(37(34,35)22-6-5-10-29-26(22)36-21)14-20-13-18(8-7-16(20)2)12-19-9-11-33-24(17(19)3)30-31-25(33)23(27)28/h5-11,13,21,23H,4,12,14-15H2,1-3H3/t21-/m1/s1. The maximum atomic E-state index is 13.5. The summed E-state index contributed by atoms with van der Waals surface area (Å²) in [7, 11) is -3.82. The van der Waals surface area contributed by atoms with Gasteiger partial charge in [-0.25, -0.2) is 22.2 Å². The fraction of sp³-hybridized carbons (Fsp3) is 0.346. The number of ether oxygens (including phenoxy) is 1. The molecule has 0 N–H and O–H groups in total. The number of aryl methyl sites for hydroxylation is 2. The second-order valence-electron chi connectivity index (χ2n) is 9.21. The molecule has 1 atom stereocenters. The normalized spacial score (nSPS) is 17.5. The van der Waals surface area contributed by atoms with Gasteiger partial charge in [0.25, 0.3) is 6.43 Å². The molecule has 194 valence electrons. The molecular weight excluding hydrogens is 500 g/mol. The first kappa shape index (κ1) is 25.2. The second-order valence-corrected chi connectivity index (χ2v) is 11.1. The van der Waals surface area contributed by atoms with Gasteiger partial charge in [0.1, 0.15) is 11.0 Å². The number of alkyl halides is 2. The van der Waals surface area contributed by atoms with E-state index in [1.165, 1.54) is 21.0 Å². The zero-order valence-corrected chi connectivity index (χ0v) is 21.5. The number of hydrogen-bond acceptors (Lipinski definition) is 6. The Kier molecular flexibility index (Phi) is 6.67. The highest BCUT2D eigenvalue weighted by Crippen LogP contribution is 2.31. The highest BCUT2D eigenvalue weighted by molar-refractivity contribution is 7.89. The molecule has 0 spiro atoms. The molecule has 0 saturated heterocycles. The highest BCUT2D eigenvalue weighted by Gasteiger charge is 2.35. The van der Waals surface area contributed by atoms with Gasteiger partial charge in [-0.3, -0.25) is 4.40 Å². The van der Waals surface area contributed by atoms with Crippen molar-refractivity contribution in [2.45, 2.75) is 57.6 Å². The number of nitrogens with zero attached hydrogens (tertiary/aromatic N) is 5. The number of pyridine rings is 2. The van der Waals surface area contributed by atoms with Crippen LogP contribution in [0.15, 0.2) is 53.7 Å². The van der Waals surface area contributed by atoms with Crippen LogP contribution < -0.4 is 4.74 Å². The quantitative estimate of drug-likeness (QED) is 0.363. The molecule has 0 saturated carbocycles. The number of sulfonamides is 1. The molecule has 0 radical (unpaired) electrons. The number of rotatable bonds is 6. The molecule has 0 unspecified atom stereocenters. The summed E-state index contributed by atoms with van der Waals surface area (Å²) in [6, 6.07) is 10.9. The first-order valence-corrected chi connectivity index (χ1v) is 13.4. The molecular formula is C26H27F2N5O3S. The van der Waals surface area contributed by atoms with Crippen molar-refractivity contribution >= 4 is 15.7 Å². The zero-order valence-electron chi connectivity index (χ0n) is 20.7. The van der Waals surface area contributed by atoms with Gasteiger partial charge >= 0.3 is 0 Å². The summed E-state index contributed by atoms with van der Waals surface area (Å²) in [5.74, 6) is -0.247. The van der Waals surface area contributed by atoms with E-state index in [0.29, 0.717) is 18.5 Å². The van der Waals surface area contributed by atoms with Gasteiger partial charge in [-0.1, -0.05) is 25.1 Å². The summed E-state index contributed by atoms with van der Waals surface area (Å²) in [6.45, 7) is 6.15. The minimum atomic E-state index is -3.82. The summed E-state index contributed by atoms with van der Waals surface area (Å²) in [5, 5.41) is 7.58. The second kappa shape index (κ2) is 9.79. The minimum absolute atomic E-state index is 0.0696. The van der Waals surface area contributed by atoms with E-state index in [0.717, 1.165) is 27.8 Å². The van der Waals surface area contributed by atoms with Gasteiger partial charge in [0, 0.05) is 18.9 Å². The van der Waals surface area contributed by atoms with Crippen molar-refractivity contribution in [1.29, 1.82) is 0 Å². The van der Waals surface area contributed by atoms with Gasteiger partial charge in [-0.15, -0.1) is 10.2 Å². The Bertz CT molecular complexity index is 1570. The van der Waals surface area contributed by atoms with Gasteiger partial charge in [-0.05, 0) is 72.7 Å². The Morgan fingerprint density at radius 3 is 2.70 bits per heavy atom. The SMILES string of the molecule is CC[C@@H]1CN(Cc2cc(Cc3ccn4c(C(F)F)nnc4c3C)ccc2C)S(=O)(=O)c2cccnc2O1. The molecule has 0 fully saturated rings. The Labute approximate surface area is 214 Å². The molecule has 4 aromatic rings. The van der Waals surface area contributed by atoms with Crippen molar-refractivity contribution in [3.8, 4) is 5.88 Å². The van der Waals surface area contributed by atoms with Crippen LogP contribution in [0.25, 0.3) is 5.65 Å². The molecule has 4 heterocycles. The van der Waals surface area contributed by atoms with Crippen LogP contribution in [0.3, 0.4) is 0 Å². The number of halogens is 2. The van der Waals surface area contributed by atoms with Crippen LogP contribution in [0.2, 0.25) is 0 Å². The molecule has 11 heteroatoms. The molecule has 1 aliphatic heterocycles. The molecule has 1 aromatic carbocycles. The Morgan fingerprint density at radius 2 is 1.95 bits per heavy atom. The van der Waals surface area contributed by atoms with Crippen LogP contribution >= 0.6 is 0 Å². The smallest absolute Gasteiger partial charge is 0.297 e. The Morgan fingerprint density at radius 1 is 1.14 bits per heavy atom. The van der Waals surface area contributed by atoms with Crippen LogP contribution in [-0.4, -0.2) is 45.0 Å². The predicted molar refractivity (Wildman–Crippen MR) is 133 cm³/mol. The van der Waals surface area contributed by atoms with Crippen molar-refractivity contribution in [1.82, 2.24) is 23.9 Å². The fourth-order valence-electron chi connectivity index (χ4n) is 4.58. The predicted octanol–water partition coefficient (Wildman–Crippen LogP) is 4.63. The maximum Gasteiger partial charge on any atom is 0.297 e. The molecule has 5 rings (SSSR count). The van der Waals surface area contributed by atoms with Crippen LogP contribution in [0.5, 0.6) is 5.88 Å². The van der Waals surface area contributed by atoms with Gasteiger partial charge in [0.15, 0.2) is 5.65 Å². The molecule has 3 aromatic heterocycles. The van der Waals surface area contributed by atoms with Crippen LogP contribution in [0.4, 0.5) is 8.78 Å². The van der Waals surface area contributed by atoms with Crippen LogP contribution in [-0.2, 0) is 23.0 Å². The van der Waals surface area contributed by atoms with E-state index >= 15 is 0 Å².